The second-order valence-electron chi connectivity index (χ2n) is 4.89. The minimum Gasteiger partial charge on any atom is -0.380 e. The zero-order valence-corrected chi connectivity index (χ0v) is 12.3. The Labute approximate surface area is 123 Å². The van der Waals surface area contributed by atoms with Gasteiger partial charge in [0.15, 0.2) is 0 Å². The molecule has 0 bridgehead atoms. The molecule has 100 valence electrons. The van der Waals surface area contributed by atoms with Gasteiger partial charge in [0.1, 0.15) is 0 Å². The van der Waals surface area contributed by atoms with Crippen LogP contribution >= 0.6 is 11.3 Å². The van der Waals surface area contributed by atoms with Crippen LogP contribution in [0.3, 0.4) is 0 Å². The van der Waals surface area contributed by atoms with Crippen LogP contribution in [0.1, 0.15) is 10.4 Å². The SMILES string of the molecule is Cc1cccc(NCc2cc(-c3ccccc3)cs2)c1. The third-order valence-corrected chi connectivity index (χ3v) is 4.18. The summed E-state index contributed by atoms with van der Waals surface area (Å²) in [7, 11) is 0. The molecule has 0 saturated heterocycles. The summed E-state index contributed by atoms with van der Waals surface area (Å²) in [6, 6.07) is 21.3. The third-order valence-electron chi connectivity index (χ3n) is 3.25. The summed E-state index contributed by atoms with van der Waals surface area (Å²) in [5.74, 6) is 0. The Morgan fingerprint density at radius 1 is 0.900 bits per heavy atom. The van der Waals surface area contributed by atoms with Gasteiger partial charge in [-0.05, 0) is 47.2 Å². The lowest BCUT2D eigenvalue weighted by atomic mass is 10.1. The molecule has 2 aromatic carbocycles. The van der Waals surface area contributed by atoms with Gasteiger partial charge in [-0.25, -0.2) is 0 Å². The zero-order valence-electron chi connectivity index (χ0n) is 11.5. The largest absolute Gasteiger partial charge is 0.380 e. The van der Waals surface area contributed by atoms with E-state index in [1.165, 1.54) is 27.3 Å². The van der Waals surface area contributed by atoms with Gasteiger partial charge in [-0.2, -0.15) is 0 Å². The van der Waals surface area contributed by atoms with Gasteiger partial charge in [0.05, 0.1) is 0 Å². The van der Waals surface area contributed by atoms with Crippen LogP contribution in [0, 0.1) is 6.92 Å². The van der Waals surface area contributed by atoms with E-state index in [1.54, 1.807) is 11.3 Å². The molecule has 0 radical (unpaired) electrons. The molecule has 0 spiro atoms. The number of rotatable bonds is 4. The normalized spacial score (nSPS) is 10.4. The molecule has 1 nitrogen and oxygen atoms in total. The van der Waals surface area contributed by atoms with E-state index in [1.807, 2.05) is 0 Å². The van der Waals surface area contributed by atoms with Crippen molar-refractivity contribution >= 4 is 17.0 Å². The Bertz CT molecular complexity index is 685. The minimum absolute atomic E-state index is 0.876. The molecule has 3 aromatic rings. The standard InChI is InChI=1S/C18H17NS/c1-14-6-5-9-17(10-14)19-12-18-11-16(13-20-18)15-7-3-2-4-8-15/h2-11,13,19H,12H2,1H3. The van der Waals surface area contributed by atoms with Crippen molar-refractivity contribution < 1.29 is 0 Å². The molecule has 0 aliphatic rings. The van der Waals surface area contributed by atoms with Gasteiger partial charge in [0.25, 0.3) is 0 Å². The predicted octanol–water partition coefficient (Wildman–Crippen LogP) is 5.34. The van der Waals surface area contributed by atoms with E-state index in [2.05, 4.69) is 78.3 Å². The van der Waals surface area contributed by atoms with E-state index in [0.717, 1.165) is 6.54 Å². The monoisotopic (exact) mass is 279 g/mol. The first kappa shape index (κ1) is 12.9. The average molecular weight is 279 g/mol. The van der Waals surface area contributed by atoms with Crippen LogP contribution in [0.15, 0.2) is 66.0 Å². The number of anilines is 1. The lowest BCUT2D eigenvalue weighted by Gasteiger charge is -2.05. The van der Waals surface area contributed by atoms with E-state index in [9.17, 15) is 0 Å². The van der Waals surface area contributed by atoms with Gasteiger partial charge in [0.2, 0.25) is 0 Å². The number of benzene rings is 2. The zero-order chi connectivity index (χ0) is 13.8. The highest BCUT2D eigenvalue weighted by Crippen LogP contribution is 2.26. The van der Waals surface area contributed by atoms with Crippen molar-refractivity contribution in [2.45, 2.75) is 13.5 Å². The second kappa shape index (κ2) is 5.93. The van der Waals surface area contributed by atoms with Crippen LogP contribution in [0.5, 0.6) is 0 Å². The first-order valence-corrected chi connectivity index (χ1v) is 7.62. The smallest absolute Gasteiger partial charge is 0.0494 e. The number of nitrogens with one attached hydrogen (secondary N) is 1. The number of thiophene rings is 1. The van der Waals surface area contributed by atoms with Gasteiger partial charge >= 0.3 is 0 Å². The van der Waals surface area contributed by atoms with E-state index in [0.29, 0.717) is 0 Å². The van der Waals surface area contributed by atoms with Gasteiger partial charge in [-0.15, -0.1) is 11.3 Å². The summed E-state index contributed by atoms with van der Waals surface area (Å²) in [5, 5.41) is 5.70. The van der Waals surface area contributed by atoms with Crippen molar-refractivity contribution in [2.75, 3.05) is 5.32 Å². The Kier molecular flexibility index (Phi) is 3.84. The Hall–Kier alpha value is -2.06. The van der Waals surface area contributed by atoms with Gasteiger partial charge < -0.3 is 5.32 Å². The van der Waals surface area contributed by atoms with E-state index >= 15 is 0 Å². The van der Waals surface area contributed by atoms with Crippen molar-refractivity contribution in [1.29, 1.82) is 0 Å². The van der Waals surface area contributed by atoms with Crippen LogP contribution in [-0.2, 0) is 6.54 Å². The van der Waals surface area contributed by atoms with E-state index < -0.39 is 0 Å². The maximum Gasteiger partial charge on any atom is 0.0494 e. The second-order valence-corrected chi connectivity index (χ2v) is 5.89. The Morgan fingerprint density at radius 3 is 2.55 bits per heavy atom. The fourth-order valence-electron chi connectivity index (χ4n) is 2.20. The summed E-state index contributed by atoms with van der Waals surface area (Å²) in [4.78, 5) is 1.35. The van der Waals surface area contributed by atoms with E-state index in [-0.39, 0.29) is 0 Å². The average Bonchev–Trinajstić information content (AvgIpc) is 2.95. The number of aryl methyl sites for hydroxylation is 1. The minimum atomic E-state index is 0.876. The van der Waals surface area contributed by atoms with Crippen LogP contribution in [-0.4, -0.2) is 0 Å². The van der Waals surface area contributed by atoms with Gasteiger partial charge in [-0.3, -0.25) is 0 Å². The molecule has 0 unspecified atom stereocenters. The molecule has 3 rings (SSSR count). The molecular formula is C18H17NS. The number of hydrogen-bond acceptors (Lipinski definition) is 2. The first-order chi connectivity index (χ1) is 9.81. The fourth-order valence-corrected chi connectivity index (χ4v) is 3.03. The molecule has 1 aromatic heterocycles. The maximum atomic E-state index is 3.48. The summed E-state index contributed by atoms with van der Waals surface area (Å²) in [6.07, 6.45) is 0. The van der Waals surface area contributed by atoms with Crippen molar-refractivity contribution in [3.8, 4) is 11.1 Å². The van der Waals surface area contributed by atoms with Crippen LogP contribution < -0.4 is 5.32 Å². The van der Waals surface area contributed by atoms with E-state index in [4.69, 9.17) is 0 Å². The van der Waals surface area contributed by atoms with Crippen LogP contribution in [0.4, 0.5) is 5.69 Å². The highest BCUT2D eigenvalue weighted by Gasteiger charge is 2.02. The van der Waals surface area contributed by atoms with Crippen molar-refractivity contribution in [2.24, 2.45) is 0 Å². The topological polar surface area (TPSA) is 12.0 Å². The highest BCUT2D eigenvalue weighted by atomic mass is 32.1. The molecule has 1 heterocycles. The van der Waals surface area contributed by atoms with Crippen LogP contribution in [0.25, 0.3) is 11.1 Å². The molecule has 0 fully saturated rings. The molecule has 0 amide bonds. The van der Waals surface area contributed by atoms with Gasteiger partial charge in [0, 0.05) is 17.1 Å². The summed E-state index contributed by atoms with van der Waals surface area (Å²) in [5.41, 5.74) is 5.05. The molecule has 2 heteroatoms. The molecule has 0 aliphatic carbocycles. The lowest BCUT2D eigenvalue weighted by molar-refractivity contribution is 1.19. The number of hydrogen-bond donors (Lipinski definition) is 1. The van der Waals surface area contributed by atoms with Crippen molar-refractivity contribution in [1.82, 2.24) is 0 Å². The van der Waals surface area contributed by atoms with Crippen LogP contribution in [0.2, 0.25) is 0 Å². The molecule has 0 saturated carbocycles. The quantitative estimate of drug-likeness (QED) is 0.680. The molecule has 0 aliphatic heterocycles. The Balaban J connectivity index is 1.69. The fraction of sp³-hybridized carbons (Fsp3) is 0.111. The highest BCUT2D eigenvalue weighted by molar-refractivity contribution is 7.10. The maximum absolute atomic E-state index is 3.48. The summed E-state index contributed by atoms with van der Waals surface area (Å²) >= 11 is 1.81. The molecule has 20 heavy (non-hydrogen) atoms. The predicted molar refractivity (Wildman–Crippen MR) is 88.3 cm³/mol. The molecule has 0 atom stereocenters. The first-order valence-electron chi connectivity index (χ1n) is 6.75. The third kappa shape index (κ3) is 3.09. The Morgan fingerprint density at radius 2 is 1.75 bits per heavy atom. The summed E-state index contributed by atoms with van der Waals surface area (Å²) < 4.78 is 0. The van der Waals surface area contributed by atoms with Crippen molar-refractivity contribution in [3.63, 3.8) is 0 Å². The molecular weight excluding hydrogens is 262 g/mol. The van der Waals surface area contributed by atoms with Gasteiger partial charge in [-0.1, -0.05) is 42.5 Å². The lowest BCUT2D eigenvalue weighted by Crippen LogP contribution is -1.97. The summed E-state index contributed by atoms with van der Waals surface area (Å²) in [6.45, 7) is 2.99. The molecule has 1 N–H and O–H groups in total. The van der Waals surface area contributed by atoms with Crippen molar-refractivity contribution in [3.05, 3.63) is 76.5 Å².